The molecule has 21 heavy (non-hydrogen) atoms. The second-order valence-electron chi connectivity index (χ2n) is 4.80. The molecule has 0 aliphatic rings. The van der Waals surface area contributed by atoms with Crippen LogP contribution in [0.3, 0.4) is 0 Å². The summed E-state index contributed by atoms with van der Waals surface area (Å²) in [6, 6.07) is 5.86. The van der Waals surface area contributed by atoms with E-state index in [4.69, 9.17) is 0 Å². The summed E-state index contributed by atoms with van der Waals surface area (Å²) in [5.74, 6) is 0.183. The molecule has 0 aliphatic heterocycles. The number of amides is 1. The van der Waals surface area contributed by atoms with Gasteiger partial charge in [0.25, 0.3) is 0 Å². The first-order valence-corrected chi connectivity index (χ1v) is 8.22. The van der Waals surface area contributed by atoms with Gasteiger partial charge in [-0.05, 0) is 55.0 Å². The molecule has 0 spiro atoms. The van der Waals surface area contributed by atoms with Crippen LogP contribution in [-0.2, 0) is 4.79 Å². The third kappa shape index (κ3) is 4.28. The Bertz CT molecular complexity index is 643. The molecule has 0 bridgehead atoms. The van der Waals surface area contributed by atoms with Gasteiger partial charge in [-0.25, -0.2) is 4.68 Å². The third-order valence-corrected chi connectivity index (χ3v) is 4.55. The largest absolute Gasteiger partial charge is 0.325 e. The maximum absolute atomic E-state index is 12.0. The minimum absolute atomic E-state index is 0.0833. The number of nitrogens with one attached hydrogen (secondary N) is 1. The van der Waals surface area contributed by atoms with Crippen LogP contribution in [0.5, 0.6) is 0 Å². The van der Waals surface area contributed by atoms with Gasteiger partial charge in [-0.2, -0.15) is 0 Å². The molecule has 1 heterocycles. The number of aryl methyl sites for hydroxylation is 1. The van der Waals surface area contributed by atoms with Crippen LogP contribution in [0.1, 0.15) is 25.5 Å². The fourth-order valence-corrected chi connectivity index (χ4v) is 2.71. The molecule has 6 nitrogen and oxygen atoms in total. The highest BCUT2D eigenvalue weighted by molar-refractivity contribution is 9.10. The maximum atomic E-state index is 12.0. The first-order chi connectivity index (χ1) is 9.97. The summed E-state index contributed by atoms with van der Waals surface area (Å²) in [5, 5.41) is 15.0. The monoisotopic (exact) mass is 369 g/mol. The van der Waals surface area contributed by atoms with Gasteiger partial charge in [0.05, 0.1) is 11.8 Å². The van der Waals surface area contributed by atoms with E-state index in [1.807, 2.05) is 39.0 Å². The van der Waals surface area contributed by atoms with Crippen molar-refractivity contribution in [1.29, 1.82) is 0 Å². The van der Waals surface area contributed by atoms with Crippen LogP contribution in [0.2, 0.25) is 0 Å². The number of rotatable bonds is 5. The van der Waals surface area contributed by atoms with Gasteiger partial charge in [0.1, 0.15) is 0 Å². The molecule has 0 saturated carbocycles. The van der Waals surface area contributed by atoms with Crippen LogP contribution in [0, 0.1) is 6.92 Å². The van der Waals surface area contributed by atoms with Crippen LogP contribution in [0.4, 0.5) is 5.69 Å². The molecular formula is C13H16BrN5OS. The summed E-state index contributed by atoms with van der Waals surface area (Å²) in [4.78, 5) is 12.0. The second-order valence-corrected chi connectivity index (χ2v) is 6.60. The Balaban J connectivity index is 1.93. The number of anilines is 1. The van der Waals surface area contributed by atoms with Crippen molar-refractivity contribution in [3.63, 3.8) is 0 Å². The van der Waals surface area contributed by atoms with Gasteiger partial charge < -0.3 is 5.32 Å². The Hall–Kier alpha value is -1.41. The van der Waals surface area contributed by atoms with Crippen molar-refractivity contribution in [2.24, 2.45) is 0 Å². The van der Waals surface area contributed by atoms with Gasteiger partial charge in [0, 0.05) is 10.2 Å². The summed E-state index contributed by atoms with van der Waals surface area (Å²) in [5.41, 5.74) is 1.86. The topological polar surface area (TPSA) is 72.7 Å². The van der Waals surface area contributed by atoms with E-state index in [-0.39, 0.29) is 17.7 Å². The molecule has 1 aromatic heterocycles. The molecule has 2 aromatic rings. The fraction of sp³-hybridized carbons (Fsp3) is 0.385. The van der Waals surface area contributed by atoms with Gasteiger partial charge in [0.2, 0.25) is 11.1 Å². The average molecular weight is 370 g/mol. The molecular weight excluding hydrogens is 354 g/mol. The molecule has 0 unspecified atom stereocenters. The van der Waals surface area contributed by atoms with Crippen molar-refractivity contribution in [3.05, 3.63) is 28.2 Å². The van der Waals surface area contributed by atoms with Crippen LogP contribution in [0.15, 0.2) is 27.8 Å². The molecule has 0 aliphatic carbocycles. The third-order valence-electron chi connectivity index (χ3n) is 2.73. The molecule has 2 rings (SSSR count). The molecule has 8 heteroatoms. The summed E-state index contributed by atoms with van der Waals surface area (Å²) >= 11 is 4.75. The van der Waals surface area contributed by atoms with E-state index in [1.165, 1.54) is 11.8 Å². The van der Waals surface area contributed by atoms with Gasteiger partial charge >= 0.3 is 0 Å². The molecule has 1 aromatic carbocycles. The van der Waals surface area contributed by atoms with Crippen LogP contribution < -0.4 is 5.32 Å². The second kappa shape index (κ2) is 7.04. The predicted molar refractivity (Wildman–Crippen MR) is 86.4 cm³/mol. The summed E-state index contributed by atoms with van der Waals surface area (Å²) in [6.07, 6.45) is 0. The summed E-state index contributed by atoms with van der Waals surface area (Å²) in [7, 11) is 0. The van der Waals surface area contributed by atoms with Crippen molar-refractivity contribution >= 4 is 39.3 Å². The molecule has 112 valence electrons. The van der Waals surface area contributed by atoms with E-state index in [0.29, 0.717) is 5.16 Å². The quantitative estimate of drug-likeness (QED) is 0.819. The lowest BCUT2D eigenvalue weighted by molar-refractivity contribution is -0.113. The van der Waals surface area contributed by atoms with E-state index >= 15 is 0 Å². The Morgan fingerprint density at radius 3 is 2.90 bits per heavy atom. The Kier molecular flexibility index (Phi) is 5.35. The molecule has 0 saturated heterocycles. The average Bonchev–Trinajstić information content (AvgIpc) is 2.89. The number of aromatic nitrogens is 4. The number of nitrogens with zero attached hydrogens (tertiary/aromatic N) is 4. The van der Waals surface area contributed by atoms with Crippen molar-refractivity contribution < 1.29 is 4.79 Å². The predicted octanol–water partition coefficient (Wildman–Crippen LogP) is 3.06. The number of halogens is 1. The summed E-state index contributed by atoms with van der Waals surface area (Å²) in [6.45, 7) is 5.96. The van der Waals surface area contributed by atoms with Crippen LogP contribution in [0.25, 0.3) is 0 Å². The molecule has 1 amide bonds. The van der Waals surface area contributed by atoms with Crippen LogP contribution in [-0.4, -0.2) is 31.9 Å². The number of thioether (sulfide) groups is 1. The zero-order valence-corrected chi connectivity index (χ0v) is 14.4. The van der Waals surface area contributed by atoms with E-state index in [1.54, 1.807) is 4.68 Å². The number of hydrogen-bond acceptors (Lipinski definition) is 5. The lowest BCUT2D eigenvalue weighted by Gasteiger charge is -2.08. The Labute approximate surface area is 135 Å². The molecule has 0 fully saturated rings. The first kappa shape index (κ1) is 16.0. The summed E-state index contributed by atoms with van der Waals surface area (Å²) < 4.78 is 2.72. The van der Waals surface area contributed by atoms with Crippen LogP contribution >= 0.6 is 27.7 Å². The lowest BCUT2D eigenvalue weighted by atomic mass is 10.2. The van der Waals surface area contributed by atoms with Crippen molar-refractivity contribution in [2.75, 3.05) is 11.1 Å². The lowest BCUT2D eigenvalue weighted by Crippen LogP contribution is -2.15. The Morgan fingerprint density at radius 1 is 1.48 bits per heavy atom. The highest BCUT2D eigenvalue weighted by atomic mass is 79.9. The Morgan fingerprint density at radius 2 is 2.24 bits per heavy atom. The fourth-order valence-electron chi connectivity index (χ4n) is 1.65. The van der Waals surface area contributed by atoms with Gasteiger partial charge in [-0.1, -0.05) is 27.7 Å². The first-order valence-electron chi connectivity index (χ1n) is 6.44. The zero-order chi connectivity index (χ0) is 15.4. The molecule has 0 atom stereocenters. The number of tetrazole rings is 1. The minimum atomic E-state index is -0.0833. The van der Waals surface area contributed by atoms with E-state index < -0.39 is 0 Å². The van der Waals surface area contributed by atoms with Crippen molar-refractivity contribution in [2.45, 2.75) is 32.0 Å². The minimum Gasteiger partial charge on any atom is -0.325 e. The normalized spacial score (nSPS) is 10.9. The molecule has 1 N–H and O–H groups in total. The number of hydrogen-bond donors (Lipinski definition) is 1. The van der Waals surface area contributed by atoms with E-state index in [0.717, 1.165) is 15.7 Å². The molecule has 0 radical (unpaired) electrons. The van der Waals surface area contributed by atoms with Gasteiger partial charge in [-0.3, -0.25) is 4.79 Å². The highest BCUT2D eigenvalue weighted by Gasteiger charge is 2.12. The highest BCUT2D eigenvalue weighted by Crippen LogP contribution is 2.21. The van der Waals surface area contributed by atoms with E-state index in [9.17, 15) is 4.79 Å². The number of carbonyl (C=O) groups excluding carboxylic acids is 1. The van der Waals surface area contributed by atoms with Crippen molar-refractivity contribution in [3.8, 4) is 0 Å². The van der Waals surface area contributed by atoms with E-state index in [2.05, 4.69) is 36.8 Å². The van der Waals surface area contributed by atoms with Crippen molar-refractivity contribution in [1.82, 2.24) is 20.2 Å². The van der Waals surface area contributed by atoms with Gasteiger partial charge in [0.15, 0.2) is 0 Å². The number of benzene rings is 1. The zero-order valence-electron chi connectivity index (χ0n) is 12.0. The number of carbonyl (C=O) groups is 1. The maximum Gasteiger partial charge on any atom is 0.234 e. The SMILES string of the molecule is Cc1cc(NC(=O)CSc2nnnn2C(C)C)ccc1Br. The van der Waals surface area contributed by atoms with Gasteiger partial charge in [-0.15, -0.1) is 5.10 Å². The standard InChI is InChI=1S/C13H16BrN5OS/c1-8(2)19-13(16-17-18-19)21-7-12(20)15-10-4-5-11(14)9(3)6-10/h4-6,8H,7H2,1-3H3,(H,15,20). The smallest absolute Gasteiger partial charge is 0.234 e.